The van der Waals surface area contributed by atoms with Gasteiger partial charge in [-0.2, -0.15) is 5.10 Å². The van der Waals surface area contributed by atoms with Gasteiger partial charge >= 0.3 is 0 Å². The number of rotatable bonds is 4. The molecule has 0 aromatic carbocycles. The summed E-state index contributed by atoms with van der Waals surface area (Å²) in [6, 6.07) is 2.63. The van der Waals surface area contributed by atoms with Crippen molar-refractivity contribution in [2.75, 3.05) is 7.05 Å². The van der Waals surface area contributed by atoms with Crippen molar-refractivity contribution >= 4 is 27.3 Å². The summed E-state index contributed by atoms with van der Waals surface area (Å²) in [4.78, 5) is 1.57. The van der Waals surface area contributed by atoms with E-state index >= 15 is 0 Å². The molecule has 0 spiro atoms. The Bertz CT molecular complexity index is 590. The third kappa shape index (κ3) is 2.36. The van der Waals surface area contributed by atoms with Gasteiger partial charge in [-0.25, -0.2) is 0 Å². The Morgan fingerprint density at radius 3 is 3.20 bits per heavy atom. The number of likely N-dealkylation sites (N-methyl/N-ethyl adjacent to an activating group) is 1. The predicted octanol–water partition coefficient (Wildman–Crippen LogP) is 4.11. The van der Waals surface area contributed by atoms with Crippen LogP contribution in [0.15, 0.2) is 22.1 Å². The van der Waals surface area contributed by atoms with Gasteiger partial charge in [0.1, 0.15) is 0 Å². The minimum atomic E-state index is 0.320. The Hall–Kier alpha value is -0.650. The predicted molar refractivity (Wildman–Crippen MR) is 87.4 cm³/mol. The molecule has 1 aliphatic carbocycles. The summed E-state index contributed by atoms with van der Waals surface area (Å²) in [6.07, 6.45) is 5.69. The van der Waals surface area contributed by atoms with Crippen LogP contribution in [0.3, 0.4) is 0 Å². The number of aromatic nitrogens is 2. The van der Waals surface area contributed by atoms with Crippen LogP contribution >= 0.6 is 27.3 Å². The maximum atomic E-state index is 4.47. The molecule has 2 aromatic rings. The molecular formula is C15H20BrN3S. The van der Waals surface area contributed by atoms with Gasteiger partial charge in [0.15, 0.2) is 0 Å². The van der Waals surface area contributed by atoms with E-state index in [1.165, 1.54) is 30.5 Å². The van der Waals surface area contributed by atoms with E-state index in [-0.39, 0.29) is 0 Å². The third-order valence-corrected chi connectivity index (χ3v) is 5.85. The first-order valence-electron chi connectivity index (χ1n) is 7.21. The molecule has 108 valence electrons. The number of hydrogen-bond acceptors (Lipinski definition) is 3. The quantitative estimate of drug-likeness (QED) is 0.896. The number of thiophene rings is 1. The van der Waals surface area contributed by atoms with Crippen LogP contribution in [-0.2, 0) is 13.0 Å². The van der Waals surface area contributed by atoms with Crippen LogP contribution in [0, 0.1) is 0 Å². The lowest BCUT2D eigenvalue weighted by Crippen LogP contribution is -2.28. The van der Waals surface area contributed by atoms with Crippen LogP contribution in [0.2, 0.25) is 0 Å². The van der Waals surface area contributed by atoms with Crippen molar-refractivity contribution in [1.82, 2.24) is 15.1 Å². The molecule has 0 saturated heterocycles. The first-order chi connectivity index (χ1) is 9.76. The van der Waals surface area contributed by atoms with Gasteiger partial charge in [0.25, 0.3) is 0 Å². The molecule has 3 rings (SSSR count). The van der Waals surface area contributed by atoms with Gasteiger partial charge in [-0.3, -0.25) is 4.68 Å². The molecule has 1 aliphatic rings. The van der Waals surface area contributed by atoms with E-state index in [4.69, 9.17) is 0 Å². The fraction of sp³-hybridized carbons (Fsp3) is 0.533. The van der Waals surface area contributed by atoms with E-state index in [1.807, 2.05) is 17.5 Å². The zero-order valence-electron chi connectivity index (χ0n) is 11.9. The van der Waals surface area contributed by atoms with Crippen LogP contribution in [0.5, 0.6) is 0 Å². The monoisotopic (exact) mass is 353 g/mol. The lowest BCUT2D eigenvalue weighted by atomic mass is 9.81. The zero-order valence-corrected chi connectivity index (χ0v) is 14.3. The molecule has 0 amide bonds. The Balaban J connectivity index is 2.01. The molecule has 20 heavy (non-hydrogen) atoms. The first-order valence-corrected chi connectivity index (χ1v) is 8.88. The molecule has 2 unspecified atom stereocenters. The van der Waals surface area contributed by atoms with Crippen molar-refractivity contribution in [3.63, 3.8) is 0 Å². The summed E-state index contributed by atoms with van der Waals surface area (Å²) in [6.45, 7) is 3.05. The Kier molecular flexibility index (Phi) is 4.29. The second kappa shape index (κ2) is 6.00. The Morgan fingerprint density at radius 1 is 1.60 bits per heavy atom. The lowest BCUT2D eigenvalue weighted by Gasteiger charge is -2.31. The molecule has 5 heteroatoms. The zero-order chi connectivity index (χ0) is 14.1. The smallest absolute Gasteiger partial charge is 0.0701 e. The number of hydrogen-bond donors (Lipinski definition) is 1. The van der Waals surface area contributed by atoms with Crippen molar-refractivity contribution in [2.24, 2.45) is 0 Å². The van der Waals surface area contributed by atoms with Gasteiger partial charge in [-0.15, -0.1) is 11.3 Å². The SMILES string of the molecule is CCn1ncc(Br)c1C(NC)C1CCCc2sccc21. The molecule has 1 N–H and O–H groups in total. The molecule has 2 aromatic heterocycles. The summed E-state index contributed by atoms with van der Waals surface area (Å²) >= 11 is 5.58. The normalized spacial score (nSPS) is 19.9. The topological polar surface area (TPSA) is 29.9 Å². The van der Waals surface area contributed by atoms with E-state index < -0.39 is 0 Å². The second-order valence-corrected chi connectivity index (χ2v) is 7.11. The maximum Gasteiger partial charge on any atom is 0.0701 e. The number of nitrogens with one attached hydrogen (secondary N) is 1. The van der Waals surface area contributed by atoms with Crippen molar-refractivity contribution in [3.8, 4) is 0 Å². The summed E-state index contributed by atoms with van der Waals surface area (Å²) in [5.74, 6) is 0.549. The highest BCUT2D eigenvalue weighted by Crippen LogP contribution is 2.43. The summed E-state index contributed by atoms with van der Waals surface area (Å²) in [7, 11) is 2.06. The summed E-state index contributed by atoms with van der Waals surface area (Å²) < 4.78 is 3.22. The van der Waals surface area contributed by atoms with Gasteiger partial charge in [0, 0.05) is 17.3 Å². The van der Waals surface area contributed by atoms with E-state index in [2.05, 4.69) is 56.4 Å². The Labute approximate surface area is 132 Å². The van der Waals surface area contributed by atoms with Gasteiger partial charge < -0.3 is 5.32 Å². The highest BCUT2D eigenvalue weighted by Gasteiger charge is 2.31. The van der Waals surface area contributed by atoms with Crippen LogP contribution < -0.4 is 5.32 Å². The van der Waals surface area contributed by atoms with E-state index in [9.17, 15) is 0 Å². The highest BCUT2D eigenvalue weighted by molar-refractivity contribution is 9.10. The van der Waals surface area contributed by atoms with E-state index in [0.717, 1.165) is 11.0 Å². The molecule has 0 fully saturated rings. The maximum absolute atomic E-state index is 4.47. The van der Waals surface area contributed by atoms with Crippen molar-refractivity contribution in [3.05, 3.63) is 38.3 Å². The summed E-state index contributed by atoms with van der Waals surface area (Å²) in [5, 5.41) is 10.2. The summed E-state index contributed by atoms with van der Waals surface area (Å²) in [5.41, 5.74) is 2.82. The molecule has 2 heterocycles. The molecular weight excluding hydrogens is 334 g/mol. The Morgan fingerprint density at radius 2 is 2.45 bits per heavy atom. The fourth-order valence-electron chi connectivity index (χ4n) is 3.33. The largest absolute Gasteiger partial charge is 0.311 e. The molecule has 3 nitrogen and oxygen atoms in total. The minimum Gasteiger partial charge on any atom is -0.311 e. The van der Waals surface area contributed by atoms with Crippen LogP contribution in [0.4, 0.5) is 0 Å². The first kappa shape index (κ1) is 14.3. The number of fused-ring (bicyclic) bond motifs is 1. The molecule has 0 saturated carbocycles. The molecule has 0 bridgehead atoms. The number of halogens is 1. The lowest BCUT2D eigenvalue weighted by molar-refractivity contribution is 0.400. The van der Waals surface area contributed by atoms with Crippen LogP contribution in [-0.4, -0.2) is 16.8 Å². The average molecular weight is 354 g/mol. The number of aryl methyl sites for hydroxylation is 2. The molecule has 0 aliphatic heterocycles. The van der Waals surface area contributed by atoms with Crippen LogP contribution in [0.25, 0.3) is 0 Å². The fourth-order valence-corrected chi connectivity index (χ4v) is 4.87. The van der Waals surface area contributed by atoms with Crippen molar-refractivity contribution in [2.45, 2.75) is 44.7 Å². The minimum absolute atomic E-state index is 0.320. The highest BCUT2D eigenvalue weighted by atomic mass is 79.9. The van der Waals surface area contributed by atoms with E-state index in [1.54, 1.807) is 4.88 Å². The number of nitrogens with zero attached hydrogens (tertiary/aromatic N) is 2. The average Bonchev–Trinajstić information content (AvgIpc) is 3.07. The van der Waals surface area contributed by atoms with E-state index in [0.29, 0.717) is 12.0 Å². The van der Waals surface area contributed by atoms with Crippen LogP contribution in [0.1, 0.15) is 47.9 Å². The third-order valence-electron chi connectivity index (χ3n) is 4.24. The van der Waals surface area contributed by atoms with Gasteiger partial charge in [0.05, 0.1) is 22.4 Å². The van der Waals surface area contributed by atoms with Gasteiger partial charge in [-0.1, -0.05) is 0 Å². The molecule has 2 atom stereocenters. The van der Waals surface area contributed by atoms with Gasteiger partial charge in [-0.05, 0) is 66.2 Å². The van der Waals surface area contributed by atoms with Crippen molar-refractivity contribution in [1.29, 1.82) is 0 Å². The standard InChI is InChI=1S/C15H20BrN3S/c1-3-19-15(12(16)9-18-19)14(17-2)11-5-4-6-13-10(11)7-8-20-13/h7-9,11,14,17H,3-6H2,1-2H3. The van der Waals surface area contributed by atoms with Gasteiger partial charge in [0.2, 0.25) is 0 Å². The molecule has 0 radical (unpaired) electrons. The second-order valence-electron chi connectivity index (χ2n) is 5.26. The van der Waals surface area contributed by atoms with Crippen molar-refractivity contribution < 1.29 is 0 Å².